The summed E-state index contributed by atoms with van der Waals surface area (Å²) in [5.74, 6) is 0. The Bertz CT molecular complexity index is 132. The fraction of sp³-hybridized carbons (Fsp3) is 0.636. The predicted octanol–water partition coefficient (Wildman–Crippen LogP) is 3.31. The molecule has 0 spiro atoms. The van der Waals surface area contributed by atoms with Crippen molar-refractivity contribution in [3.63, 3.8) is 0 Å². The van der Waals surface area contributed by atoms with Crippen LogP contribution in [0.3, 0.4) is 0 Å². The molecular weight excluding hydrogens is 148 g/mol. The monoisotopic (exact) mass is 170 g/mol. The van der Waals surface area contributed by atoms with Crippen LogP contribution in [0.15, 0.2) is 23.8 Å². The van der Waals surface area contributed by atoms with Crippen LogP contribution >= 0.6 is 0 Å². The maximum atomic E-state index is 9.01. The molecule has 0 amide bonds. The Morgan fingerprint density at radius 1 is 1.33 bits per heavy atom. The summed E-state index contributed by atoms with van der Waals surface area (Å²) >= 11 is 0. The summed E-state index contributed by atoms with van der Waals surface area (Å²) in [5, 5.41) is 9.01. The van der Waals surface area contributed by atoms with Crippen molar-refractivity contribution in [2.24, 2.45) is 0 Å². The number of aliphatic hydroxyl groups excluding tert-OH is 1. The molecule has 0 aliphatic rings. The van der Waals surface area contributed by atoms with Gasteiger partial charge in [-0.2, -0.15) is 0 Å². The van der Waals surface area contributed by atoms with Crippen LogP contribution in [0.5, 0.6) is 0 Å². The summed E-state index contributed by atoms with van der Waals surface area (Å²) < 4.78 is 0. The Balaban J connectivity index is 0. The highest BCUT2D eigenvalue weighted by atomic mass is 16.3. The number of hydrogen-bond acceptors (Lipinski definition) is 1. The first-order valence-corrected chi connectivity index (χ1v) is 4.66. The zero-order valence-electron chi connectivity index (χ0n) is 8.96. The molecule has 1 unspecified atom stereocenters. The quantitative estimate of drug-likeness (QED) is 0.644. The molecule has 0 aliphatic carbocycles. The molecule has 1 heteroatoms. The van der Waals surface area contributed by atoms with E-state index >= 15 is 0 Å². The molecule has 12 heavy (non-hydrogen) atoms. The molecule has 0 rings (SSSR count). The van der Waals surface area contributed by atoms with Crippen molar-refractivity contribution in [2.75, 3.05) is 0 Å². The van der Waals surface area contributed by atoms with Gasteiger partial charge in [0.2, 0.25) is 0 Å². The molecule has 0 bridgehead atoms. The highest BCUT2D eigenvalue weighted by molar-refractivity contribution is 5.17. The van der Waals surface area contributed by atoms with Gasteiger partial charge >= 0.3 is 0 Å². The van der Waals surface area contributed by atoms with E-state index in [1.807, 2.05) is 45.9 Å². The lowest BCUT2D eigenvalue weighted by molar-refractivity contribution is 0.196. The van der Waals surface area contributed by atoms with Gasteiger partial charge in [0.25, 0.3) is 0 Å². The molecule has 72 valence electrons. The van der Waals surface area contributed by atoms with Crippen molar-refractivity contribution in [1.82, 2.24) is 0 Å². The molecular formula is C11H22O. The lowest BCUT2D eigenvalue weighted by Gasteiger charge is -2.03. The molecule has 0 fully saturated rings. The van der Waals surface area contributed by atoms with Gasteiger partial charge in [-0.25, -0.2) is 0 Å². The van der Waals surface area contributed by atoms with Gasteiger partial charge in [-0.05, 0) is 27.2 Å². The molecule has 0 heterocycles. The Kier molecular flexibility index (Phi) is 12.2. The van der Waals surface area contributed by atoms with Crippen LogP contribution in [0, 0.1) is 0 Å². The van der Waals surface area contributed by atoms with Gasteiger partial charge in [0, 0.05) is 0 Å². The largest absolute Gasteiger partial charge is 0.393 e. The normalized spacial score (nSPS) is 14.0. The molecule has 0 saturated carbocycles. The van der Waals surface area contributed by atoms with E-state index in [-0.39, 0.29) is 6.10 Å². The van der Waals surface area contributed by atoms with E-state index in [1.54, 1.807) is 6.92 Å². The number of aliphatic hydroxyl groups is 1. The summed E-state index contributed by atoms with van der Waals surface area (Å²) in [6.45, 7) is 9.76. The van der Waals surface area contributed by atoms with Crippen molar-refractivity contribution in [3.05, 3.63) is 23.8 Å². The molecule has 0 aromatic rings. The smallest absolute Gasteiger partial charge is 0.0552 e. The van der Waals surface area contributed by atoms with E-state index in [4.69, 9.17) is 5.11 Å². The molecule has 0 radical (unpaired) electrons. The molecule has 0 aromatic heterocycles. The molecule has 0 saturated heterocycles. The zero-order valence-corrected chi connectivity index (χ0v) is 8.96. The fourth-order valence-electron chi connectivity index (χ4n) is 0.837. The standard InChI is InChI=1S/C9H16O.C2H6/c1-4-6-9(5-2)7-8(3)10;1-2/h4-6,8,10H,7H2,1-3H3;1-2H3/b6-4-,9-5+;. The first-order chi connectivity index (χ1) is 5.70. The molecule has 1 nitrogen and oxygen atoms in total. The summed E-state index contributed by atoms with van der Waals surface area (Å²) in [5.41, 5.74) is 1.19. The lowest BCUT2D eigenvalue weighted by atomic mass is 10.1. The van der Waals surface area contributed by atoms with Crippen LogP contribution in [0.4, 0.5) is 0 Å². The average Bonchev–Trinajstić information content (AvgIpc) is 2.07. The molecule has 0 aromatic carbocycles. The van der Waals surface area contributed by atoms with Crippen molar-refractivity contribution >= 4 is 0 Å². The van der Waals surface area contributed by atoms with E-state index in [9.17, 15) is 0 Å². The average molecular weight is 170 g/mol. The van der Waals surface area contributed by atoms with Crippen LogP contribution in [0.1, 0.15) is 41.0 Å². The Morgan fingerprint density at radius 2 is 1.83 bits per heavy atom. The Morgan fingerprint density at radius 3 is 2.08 bits per heavy atom. The van der Waals surface area contributed by atoms with E-state index < -0.39 is 0 Å². The third-order valence-corrected chi connectivity index (χ3v) is 1.28. The third-order valence-electron chi connectivity index (χ3n) is 1.28. The summed E-state index contributed by atoms with van der Waals surface area (Å²) in [6, 6.07) is 0. The van der Waals surface area contributed by atoms with Crippen molar-refractivity contribution in [2.45, 2.75) is 47.1 Å². The van der Waals surface area contributed by atoms with E-state index in [0.29, 0.717) is 0 Å². The predicted molar refractivity (Wildman–Crippen MR) is 56.2 cm³/mol. The fourth-order valence-corrected chi connectivity index (χ4v) is 0.837. The van der Waals surface area contributed by atoms with Crippen LogP contribution in [-0.2, 0) is 0 Å². The maximum Gasteiger partial charge on any atom is 0.0552 e. The second-order valence-corrected chi connectivity index (χ2v) is 2.42. The first kappa shape index (κ1) is 14.0. The van der Waals surface area contributed by atoms with E-state index in [2.05, 4.69) is 0 Å². The van der Waals surface area contributed by atoms with Crippen molar-refractivity contribution < 1.29 is 5.11 Å². The minimum Gasteiger partial charge on any atom is -0.393 e. The summed E-state index contributed by atoms with van der Waals surface area (Å²) in [7, 11) is 0. The SMILES string of the molecule is C/C=C\C(=C/C)CC(C)O.CC. The molecule has 1 N–H and O–H groups in total. The first-order valence-electron chi connectivity index (χ1n) is 4.66. The highest BCUT2D eigenvalue weighted by Gasteiger charge is 1.96. The van der Waals surface area contributed by atoms with E-state index in [0.717, 1.165) is 6.42 Å². The van der Waals surface area contributed by atoms with Crippen LogP contribution < -0.4 is 0 Å². The topological polar surface area (TPSA) is 20.2 Å². The second kappa shape index (κ2) is 10.4. The number of rotatable bonds is 3. The second-order valence-electron chi connectivity index (χ2n) is 2.42. The minimum absolute atomic E-state index is 0.234. The Labute approximate surface area is 76.8 Å². The van der Waals surface area contributed by atoms with Gasteiger partial charge in [0.1, 0.15) is 0 Å². The van der Waals surface area contributed by atoms with Gasteiger partial charge < -0.3 is 5.11 Å². The van der Waals surface area contributed by atoms with Gasteiger partial charge in [-0.15, -0.1) is 0 Å². The summed E-state index contributed by atoms with van der Waals surface area (Å²) in [6.07, 6.45) is 6.54. The van der Waals surface area contributed by atoms with Crippen LogP contribution in [0.25, 0.3) is 0 Å². The van der Waals surface area contributed by atoms with Crippen molar-refractivity contribution in [1.29, 1.82) is 0 Å². The van der Waals surface area contributed by atoms with Crippen molar-refractivity contribution in [3.8, 4) is 0 Å². The van der Waals surface area contributed by atoms with Crippen LogP contribution in [0.2, 0.25) is 0 Å². The van der Waals surface area contributed by atoms with Gasteiger partial charge in [0.05, 0.1) is 6.10 Å². The Hall–Kier alpha value is -0.560. The third kappa shape index (κ3) is 9.44. The maximum absolute atomic E-state index is 9.01. The highest BCUT2D eigenvalue weighted by Crippen LogP contribution is 2.06. The minimum atomic E-state index is -0.234. The summed E-state index contributed by atoms with van der Waals surface area (Å²) in [4.78, 5) is 0. The number of hydrogen-bond donors (Lipinski definition) is 1. The zero-order chi connectivity index (χ0) is 9.98. The van der Waals surface area contributed by atoms with E-state index in [1.165, 1.54) is 5.57 Å². The van der Waals surface area contributed by atoms with Gasteiger partial charge in [0.15, 0.2) is 0 Å². The van der Waals surface area contributed by atoms with Crippen LogP contribution in [-0.4, -0.2) is 11.2 Å². The lowest BCUT2D eigenvalue weighted by Crippen LogP contribution is -1.99. The van der Waals surface area contributed by atoms with Gasteiger partial charge in [-0.3, -0.25) is 0 Å². The molecule has 0 aliphatic heterocycles. The number of allylic oxidation sites excluding steroid dienone is 3. The molecule has 1 atom stereocenters. The van der Waals surface area contributed by atoms with Gasteiger partial charge in [-0.1, -0.05) is 37.6 Å².